The number of amides is 1. The number of carbonyl (C=O) groups is 1. The number of anilines is 1. The van der Waals surface area contributed by atoms with Crippen LogP contribution in [0.25, 0.3) is 0 Å². The molecule has 4 nitrogen and oxygen atoms in total. The molecule has 2 aromatic rings. The van der Waals surface area contributed by atoms with Crippen LogP contribution in [0.3, 0.4) is 0 Å². The molecule has 0 radical (unpaired) electrons. The fourth-order valence-electron chi connectivity index (χ4n) is 2.02. The van der Waals surface area contributed by atoms with Crippen molar-refractivity contribution in [1.29, 1.82) is 0 Å². The van der Waals surface area contributed by atoms with Gasteiger partial charge in [0, 0.05) is 33.6 Å². The first-order valence-corrected chi connectivity index (χ1v) is 9.04. The van der Waals surface area contributed by atoms with E-state index in [0.717, 1.165) is 5.75 Å². The fraction of sp³-hybridized carbons (Fsp3) is 0.278. The molecule has 122 valence electrons. The summed E-state index contributed by atoms with van der Waals surface area (Å²) in [6.45, 7) is 2.35. The molecular formula is C18H21NO3S. The molecular weight excluding hydrogens is 310 g/mol. The van der Waals surface area contributed by atoms with Crippen LogP contribution in [0.4, 0.5) is 5.69 Å². The van der Waals surface area contributed by atoms with Crippen LogP contribution in [0, 0.1) is 5.92 Å². The van der Waals surface area contributed by atoms with Gasteiger partial charge in [-0.2, -0.15) is 0 Å². The Morgan fingerprint density at radius 3 is 2.61 bits per heavy atom. The number of rotatable bonds is 7. The summed E-state index contributed by atoms with van der Waals surface area (Å²) in [5.41, 5.74) is 0.665. The highest BCUT2D eigenvalue weighted by Gasteiger charge is 2.13. The molecule has 0 heterocycles. The number of para-hydroxylation sites is 1. The summed E-state index contributed by atoms with van der Waals surface area (Å²) in [7, 11) is -1.06. The lowest BCUT2D eigenvalue weighted by Crippen LogP contribution is -2.22. The first-order chi connectivity index (χ1) is 11.1. The van der Waals surface area contributed by atoms with Crippen molar-refractivity contribution in [3.8, 4) is 5.75 Å². The van der Waals surface area contributed by atoms with Gasteiger partial charge in [-0.05, 0) is 36.8 Å². The smallest absolute Gasteiger partial charge is 0.227 e. The molecule has 5 heteroatoms. The molecule has 2 aromatic carbocycles. The lowest BCUT2D eigenvalue weighted by Gasteiger charge is -2.13. The number of ether oxygens (including phenoxy) is 1. The zero-order chi connectivity index (χ0) is 16.7. The Morgan fingerprint density at radius 2 is 1.91 bits per heavy atom. The van der Waals surface area contributed by atoms with E-state index >= 15 is 0 Å². The monoisotopic (exact) mass is 331 g/mol. The molecule has 0 aliphatic rings. The molecule has 2 rings (SSSR count). The van der Waals surface area contributed by atoms with E-state index in [9.17, 15) is 9.00 Å². The molecule has 0 bridgehead atoms. The Bertz CT molecular complexity index is 673. The zero-order valence-corrected chi connectivity index (χ0v) is 14.1. The minimum atomic E-state index is -1.06. The quantitative estimate of drug-likeness (QED) is 0.845. The van der Waals surface area contributed by atoms with Gasteiger partial charge < -0.3 is 10.1 Å². The molecule has 0 fully saturated rings. The van der Waals surface area contributed by atoms with Crippen LogP contribution < -0.4 is 10.1 Å². The molecule has 0 spiro atoms. The SMILES string of the molecule is C[C@@H](CCOc1ccccc1)C(=O)Nc1cccc([S@@](C)=O)c1. The molecule has 0 saturated carbocycles. The topological polar surface area (TPSA) is 55.4 Å². The van der Waals surface area contributed by atoms with Gasteiger partial charge in [0.15, 0.2) is 0 Å². The van der Waals surface area contributed by atoms with E-state index in [1.54, 1.807) is 30.5 Å². The van der Waals surface area contributed by atoms with Crippen molar-refractivity contribution in [1.82, 2.24) is 0 Å². The van der Waals surface area contributed by atoms with Crippen molar-refractivity contribution in [3.05, 3.63) is 54.6 Å². The maximum Gasteiger partial charge on any atom is 0.227 e. The Labute approximate surface area is 139 Å². The molecule has 1 amide bonds. The van der Waals surface area contributed by atoms with Gasteiger partial charge in [0.05, 0.1) is 6.61 Å². The molecule has 0 unspecified atom stereocenters. The molecule has 2 atom stereocenters. The second kappa shape index (κ2) is 8.48. The molecule has 0 aliphatic carbocycles. The molecule has 0 aromatic heterocycles. The van der Waals surface area contributed by atoms with Gasteiger partial charge in [-0.1, -0.05) is 31.2 Å². The van der Waals surface area contributed by atoms with E-state index in [2.05, 4.69) is 5.32 Å². The molecule has 23 heavy (non-hydrogen) atoms. The van der Waals surface area contributed by atoms with Crippen molar-refractivity contribution in [3.63, 3.8) is 0 Å². The summed E-state index contributed by atoms with van der Waals surface area (Å²) in [6.07, 6.45) is 2.24. The van der Waals surface area contributed by atoms with E-state index in [1.165, 1.54) is 0 Å². The third kappa shape index (κ3) is 5.53. The van der Waals surface area contributed by atoms with Crippen molar-refractivity contribution < 1.29 is 13.7 Å². The van der Waals surface area contributed by atoms with Crippen molar-refractivity contribution in [2.75, 3.05) is 18.2 Å². The minimum Gasteiger partial charge on any atom is -0.494 e. The van der Waals surface area contributed by atoms with Gasteiger partial charge in [0.25, 0.3) is 0 Å². The molecule has 1 N–H and O–H groups in total. The number of nitrogens with one attached hydrogen (secondary N) is 1. The summed E-state index contributed by atoms with van der Waals surface area (Å²) in [5, 5.41) is 2.86. The van der Waals surface area contributed by atoms with Crippen LogP contribution in [0.5, 0.6) is 5.75 Å². The number of benzene rings is 2. The van der Waals surface area contributed by atoms with Gasteiger partial charge in [-0.15, -0.1) is 0 Å². The standard InChI is InChI=1S/C18H21NO3S/c1-14(11-12-22-16-8-4-3-5-9-16)18(20)19-15-7-6-10-17(13-15)23(2)21/h3-10,13-14H,11-12H2,1-2H3,(H,19,20)/t14-,23+/m0/s1. The highest BCUT2D eigenvalue weighted by atomic mass is 32.2. The van der Waals surface area contributed by atoms with Crippen LogP contribution in [0.15, 0.2) is 59.5 Å². The van der Waals surface area contributed by atoms with Gasteiger partial charge in [0.1, 0.15) is 5.75 Å². The van der Waals surface area contributed by atoms with E-state index in [-0.39, 0.29) is 11.8 Å². The summed E-state index contributed by atoms with van der Waals surface area (Å²) < 4.78 is 17.1. The first-order valence-electron chi connectivity index (χ1n) is 7.48. The summed E-state index contributed by atoms with van der Waals surface area (Å²) in [4.78, 5) is 12.9. The van der Waals surface area contributed by atoms with Crippen LogP contribution in [-0.4, -0.2) is 23.0 Å². The third-order valence-electron chi connectivity index (χ3n) is 3.44. The maximum absolute atomic E-state index is 12.2. The van der Waals surface area contributed by atoms with Crippen LogP contribution >= 0.6 is 0 Å². The van der Waals surface area contributed by atoms with Gasteiger partial charge in [0.2, 0.25) is 5.91 Å². The van der Waals surface area contributed by atoms with Crippen LogP contribution in [0.1, 0.15) is 13.3 Å². The first kappa shape index (κ1) is 17.2. The van der Waals surface area contributed by atoms with Crippen molar-refractivity contribution >= 4 is 22.4 Å². The Balaban J connectivity index is 1.83. The normalized spacial score (nSPS) is 13.1. The minimum absolute atomic E-state index is 0.0688. The highest BCUT2D eigenvalue weighted by Crippen LogP contribution is 2.16. The lowest BCUT2D eigenvalue weighted by atomic mass is 10.1. The second-order valence-corrected chi connectivity index (χ2v) is 6.70. The predicted molar refractivity (Wildman–Crippen MR) is 93.1 cm³/mol. The third-order valence-corrected chi connectivity index (χ3v) is 4.36. The van der Waals surface area contributed by atoms with Crippen molar-refractivity contribution in [2.45, 2.75) is 18.2 Å². The predicted octanol–water partition coefficient (Wildman–Crippen LogP) is 3.47. The maximum atomic E-state index is 12.2. The number of carbonyl (C=O) groups excluding carboxylic acids is 1. The highest BCUT2D eigenvalue weighted by molar-refractivity contribution is 7.84. The fourth-order valence-corrected chi connectivity index (χ4v) is 2.58. The Morgan fingerprint density at radius 1 is 1.17 bits per heavy atom. The zero-order valence-electron chi connectivity index (χ0n) is 13.3. The summed E-state index contributed by atoms with van der Waals surface area (Å²) in [5.74, 6) is 0.563. The van der Waals surface area contributed by atoms with Gasteiger partial charge in [-0.3, -0.25) is 9.00 Å². The summed E-state index contributed by atoms with van der Waals surface area (Å²) in [6, 6.07) is 16.6. The average molecular weight is 331 g/mol. The molecule has 0 saturated heterocycles. The lowest BCUT2D eigenvalue weighted by molar-refractivity contribution is -0.119. The van der Waals surface area contributed by atoms with Crippen LogP contribution in [0.2, 0.25) is 0 Å². The van der Waals surface area contributed by atoms with Crippen molar-refractivity contribution in [2.24, 2.45) is 5.92 Å². The second-order valence-electron chi connectivity index (χ2n) is 5.32. The Kier molecular flexibility index (Phi) is 6.35. The largest absolute Gasteiger partial charge is 0.494 e. The van der Waals surface area contributed by atoms with E-state index in [0.29, 0.717) is 23.6 Å². The summed E-state index contributed by atoms with van der Waals surface area (Å²) >= 11 is 0. The average Bonchev–Trinajstić information content (AvgIpc) is 2.56. The number of hydrogen-bond donors (Lipinski definition) is 1. The number of hydrogen-bond acceptors (Lipinski definition) is 3. The van der Waals surface area contributed by atoms with E-state index in [1.807, 2.05) is 37.3 Å². The Hall–Kier alpha value is -2.14. The van der Waals surface area contributed by atoms with Gasteiger partial charge >= 0.3 is 0 Å². The molecule has 0 aliphatic heterocycles. The van der Waals surface area contributed by atoms with E-state index in [4.69, 9.17) is 4.74 Å². The van der Waals surface area contributed by atoms with Gasteiger partial charge in [-0.25, -0.2) is 0 Å². The van der Waals surface area contributed by atoms with E-state index < -0.39 is 10.8 Å². The van der Waals surface area contributed by atoms with Crippen LogP contribution in [-0.2, 0) is 15.6 Å².